The van der Waals surface area contributed by atoms with Crippen LogP contribution in [0.2, 0.25) is 0 Å². The molecule has 0 radical (unpaired) electrons. The van der Waals surface area contributed by atoms with Gasteiger partial charge < -0.3 is 4.74 Å². The molecule has 2 fully saturated rings. The van der Waals surface area contributed by atoms with E-state index in [2.05, 4.69) is 6.92 Å². The lowest BCUT2D eigenvalue weighted by Gasteiger charge is -2.25. The summed E-state index contributed by atoms with van der Waals surface area (Å²) in [6, 6.07) is 15.3. The Morgan fingerprint density at radius 2 is 1.70 bits per heavy atom. The second-order valence-electron chi connectivity index (χ2n) is 7.40. The number of amides is 2. The zero-order valence-corrected chi connectivity index (χ0v) is 15.1. The van der Waals surface area contributed by atoms with E-state index in [4.69, 9.17) is 4.74 Å². The Bertz CT molecular complexity index is 892. The van der Waals surface area contributed by atoms with Crippen LogP contribution in [0.5, 0.6) is 5.75 Å². The van der Waals surface area contributed by atoms with Crippen LogP contribution in [0.15, 0.2) is 54.6 Å². The molecule has 1 heterocycles. The number of fused-ring (bicyclic) bond motifs is 1. The van der Waals surface area contributed by atoms with Crippen molar-refractivity contribution in [2.45, 2.75) is 26.2 Å². The van der Waals surface area contributed by atoms with Crippen LogP contribution in [0, 0.1) is 17.8 Å². The monoisotopic (exact) mass is 363 g/mol. The van der Waals surface area contributed by atoms with Gasteiger partial charge in [0.15, 0.2) is 0 Å². The maximum atomic E-state index is 12.9. The molecule has 0 aromatic heterocycles. The Labute approximate surface area is 157 Å². The third-order valence-electron chi connectivity index (χ3n) is 5.48. The van der Waals surface area contributed by atoms with E-state index in [1.165, 1.54) is 4.90 Å². The van der Waals surface area contributed by atoms with E-state index in [0.717, 1.165) is 19.3 Å². The van der Waals surface area contributed by atoms with Gasteiger partial charge in [-0.05, 0) is 55.5 Å². The fourth-order valence-electron chi connectivity index (χ4n) is 4.07. The molecule has 0 N–H and O–H groups in total. The summed E-state index contributed by atoms with van der Waals surface area (Å²) in [5, 5.41) is 0. The minimum atomic E-state index is -0.520. The second-order valence-corrected chi connectivity index (χ2v) is 7.40. The van der Waals surface area contributed by atoms with E-state index in [1.807, 2.05) is 6.07 Å². The van der Waals surface area contributed by atoms with E-state index in [1.54, 1.807) is 48.5 Å². The SMILES string of the molecule is C[C@@H]1CC[C@H]2C(=O)N(c3cccc(C(=O)Oc4ccccc4)c3)C(=O)[C@@H]2C1. The van der Waals surface area contributed by atoms with Gasteiger partial charge in [0.1, 0.15) is 5.75 Å². The number of esters is 1. The van der Waals surface area contributed by atoms with Gasteiger partial charge in [0.05, 0.1) is 23.1 Å². The summed E-state index contributed by atoms with van der Waals surface area (Å²) < 4.78 is 5.35. The fraction of sp³-hybridized carbons (Fsp3) is 0.318. The summed E-state index contributed by atoms with van der Waals surface area (Å²) in [5.74, 6) is -0.380. The van der Waals surface area contributed by atoms with Gasteiger partial charge in [0, 0.05) is 0 Å². The second kappa shape index (κ2) is 6.99. The predicted molar refractivity (Wildman–Crippen MR) is 100 cm³/mol. The molecule has 3 atom stereocenters. The van der Waals surface area contributed by atoms with Crippen molar-refractivity contribution in [1.82, 2.24) is 0 Å². The van der Waals surface area contributed by atoms with Crippen LogP contribution in [0.25, 0.3) is 0 Å². The number of ether oxygens (including phenoxy) is 1. The Hall–Kier alpha value is -2.95. The third kappa shape index (κ3) is 3.25. The molecule has 1 saturated heterocycles. The summed E-state index contributed by atoms with van der Waals surface area (Å²) in [4.78, 5) is 39.4. The number of imide groups is 1. The van der Waals surface area contributed by atoms with E-state index in [-0.39, 0.29) is 23.7 Å². The van der Waals surface area contributed by atoms with Crippen LogP contribution in [0.3, 0.4) is 0 Å². The molecule has 2 aliphatic rings. The molecule has 1 aliphatic carbocycles. The van der Waals surface area contributed by atoms with Crippen LogP contribution < -0.4 is 9.64 Å². The molecule has 4 rings (SSSR count). The van der Waals surface area contributed by atoms with Crippen molar-refractivity contribution >= 4 is 23.5 Å². The molecule has 1 aliphatic heterocycles. The highest BCUT2D eigenvalue weighted by Crippen LogP contribution is 2.42. The van der Waals surface area contributed by atoms with Crippen LogP contribution >= 0.6 is 0 Å². The maximum absolute atomic E-state index is 12.9. The van der Waals surface area contributed by atoms with Gasteiger partial charge in [0.25, 0.3) is 0 Å². The number of hydrogen-bond donors (Lipinski definition) is 0. The maximum Gasteiger partial charge on any atom is 0.343 e. The molecule has 5 heteroatoms. The highest BCUT2D eigenvalue weighted by molar-refractivity contribution is 6.22. The summed E-state index contributed by atoms with van der Waals surface area (Å²) >= 11 is 0. The highest BCUT2D eigenvalue weighted by Gasteiger charge is 2.50. The van der Waals surface area contributed by atoms with Crippen molar-refractivity contribution in [2.75, 3.05) is 4.90 Å². The zero-order valence-electron chi connectivity index (χ0n) is 15.1. The fourth-order valence-corrected chi connectivity index (χ4v) is 4.07. The summed E-state index contributed by atoms with van der Waals surface area (Å²) in [7, 11) is 0. The van der Waals surface area contributed by atoms with Gasteiger partial charge in [-0.25, -0.2) is 4.79 Å². The van der Waals surface area contributed by atoms with Gasteiger partial charge in [0.2, 0.25) is 11.8 Å². The topological polar surface area (TPSA) is 63.7 Å². The molecule has 0 unspecified atom stereocenters. The van der Waals surface area contributed by atoms with Gasteiger partial charge in [-0.1, -0.05) is 31.2 Å². The molecule has 2 aromatic rings. The molecule has 1 saturated carbocycles. The number of carbonyl (C=O) groups excluding carboxylic acids is 3. The first kappa shape index (κ1) is 17.5. The molecular weight excluding hydrogens is 342 g/mol. The molecular formula is C22H21NO4. The van der Waals surface area contributed by atoms with E-state index in [9.17, 15) is 14.4 Å². The van der Waals surface area contributed by atoms with Crippen molar-refractivity contribution in [2.24, 2.45) is 17.8 Å². The van der Waals surface area contributed by atoms with Crippen LogP contribution in [0.1, 0.15) is 36.5 Å². The molecule has 2 amide bonds. The summed E-state index contributed by atoms with van der Waals surface area (Å²) in [6.45, 7) is 2.12. The van der Waals surface area contributed by atoms with Crippen molar-refractivity contribution in [3.8, 4) is 5.75 Å². The number of nitrogens with zero attached hydrogens (tertiary/aromatic N) is 1. The van der Waals surface area contributed by atoms with Crippen molar-refractivity contribution in [3.05, 3.63) is 60.2 Å². The number of para-hydroxylation sites is 1. The normalized spacial score (nSPS) is 24.6. The predicted octanol–water partition coefficient (Wildman–Crippen LogP) is 3.83. The first-order valence-corrected chi connectivity index (χ1v) is 9.29. The average Bonchev–Trinajstić information content (AvgIpc) is 2.92. The van der Waals surface area contributed by atoms with Crippen LogP contribution in [-0.4, -0.2) is 17.8 Å². The van der Waals surface area contributed by atoms with Crippen molar-refractivity contribution in [3.63, 3.8) is 0 Å². The highest BCUT2D eigenvalue weighted by atomic mass is 16.5. The molecule has 0 bridgehead atoms. The number of benzene rings is 2. The number of anilines is 1. The molecule has 138 valence electrons. The van der Waals surface area contributed by atoms with Gasteiger partial charge in [-0.2, -0.15) is 0 Å². The smallest absolute Gasteiger partial charge is 0.343 e. The Morgan fingerprint density at radius 1 is 0.963 bits per heavy atom. The van der Waals surface area contributed by atoms with E-state index in [0.29, 0.717) is 22.9 Å². The van der Waals surface area contributed by atoms with Gasteiger partial charge in [-0.3, -0.25) is 14.5 Å². The third-order valence-corrected chi connectivity index (χ3v) is 5.48. The van der Waals surface area contributed by atoms with Gasteiger partial charge >= 0.3 is 5.97 Å². The van der Waals surface area contributed by atoms with E-state index < -0.39 is 5.97 Å². The van der Waals surface area contributed by atoms with E-state index >= 15 is 0 Å². The summed E-state index contributed by atoms with van der Waals surface area (Å²) in [6.07, 6.45) is 2.47. The lowest BCUT2D eigenvalue weighted by Crippen LogP contribution is -2.31. The standard InChI is InChI=1S/C22H21NO4/c1-14-10-11-18-19(12-14)21(25)23(20(18)24)16-7-5-6-15(13-16)22(26)27-17-8-3-2-4-9-17/h2-9,13-14,18-19H,10-12H2,1H3/t14-,18-,19-/m1/s1. The Morgan fingerprint density at radius 3 is 2.48 bits per heavy atom. The molecule has 27 heavy (non-hydrogen) atoms. The Kier molecular flexibility index (Phi) is 4.52. The van der Waals surface area contributed by atoms with Crippen LogP contribution in [-0.2, 0) is 9.59 Å². The van der Waals surface area contributed by atoms with Crippen molar-refractivity contribution in [1.29, 1.82) is 0 Å². The molecule has 0 spiro atoms. The van der Waals surface area contributed by atoms with Crippen molar-refractivity contribution < 1.29 is 19.1 Å². The Balaban J connectivity index is 1.58. The number of hydrogen-bond acceptors (Lipinski definition) is 4. The quantitative estimate of drug-likeness (QED) is 0.472. The summed E-state index contributed by atoms with van der Waals surface area (Å²) in [5.41, 5.74) is 0.745. The minimum absolute atomic E-state index is 0.148. The van der Waals surface area contributed by atoms with Crippen LogP contribution in [0.4, 0.5) is 5.69 Å². The minimum Gasteiger partial charge on any atom is -0.423 e. The number of carbonyl (C=O) groups is 3. The first-order valence-electron chi connectivity index (χ1n) is 9.29. The molecule has 2 aromatic carbocycles. The number of rotatable bonds is 3. The first-order chi connectivity index (χ1) is 13.0. The molecule has 5 nitrogen and oxygen atoms in total. The average molecular weight is 363 g/mol. The van der Waals surface area contributed by atoms with Gasteiger partial charge in [-0.15, -0.1) is 0 Å². The lowest BCUT2D eigenvalue weighted by atomic mass is 9.76. The zero-order chi connectivity index (χ0) is 19.0. The lowest BCUT2D eigenvalue weighted by molar-refractivity contribution is -0.122. The largest absolute Gasteiger partial charge is 0.423 e.